The van der Waals surface area contributed by atoms with Crippen molar-refractivity contribution < 1.29 is 9.53 Å². The second-order valence-corrected chi connectivity index (χ2v) is 6.63. The van der Waals surface area contributed by atoms with Crippen LogP contribution in [0.3, 0.4) is 0 Å². The standard InChI is InChI=1S/C20H20N2O2S/c1-4-24-16-8-6-15(7-9-16)19(23)22-20-21-18(12-25-20)17-10-5-13(2)11-14(17)3/h5-12H,4H2,1-3H3,(H,21,22,23). The van der Waals surface area contributed by atoms with Gasteiger partial charge >= 0.3 is 0 Å². The van der Waals surface area contributed by atoms with Gasteiger partial charge in [-0.1, -0.05) is 23.8 Å². The number of anilines is 1. The highest BCUT2D eigenvalue weighted by atomic mass is 32.1. The molecule has 0 aliphatic rings. The van der Waals surface area contributed by atoms with Gasteiger partial charge in [-0.3, -0.25) is 10.1 Å². The molecule has 2 aromatic carbocycles. The number of amides is 1. The molecule has 0 aliphatic heterocycles. The van der Waals surface area contributed by atoms with Crippen LogP contribution in [0, 0.1) is 13.8 Å². The molecular formula is C20H20N2O2S. The lowest BCUT2D eigenvalue weighted by molar-refractivity contribution is 0.102. The molecule has 0 saturated heterocycles. The average molecular weight is 352 g/mol. The Morgan fingerprint density at radius 1 is 1.16 bits per heavy atom. The molecule has 0 radical (unpaired) electrons. The number of carbonyl (C=O) groups is 1. The van der Waals surface area contributed by atoms with Gasteiger partial charge in [0.2, 0.25) is 0 Å². The molecule has 1 aromatic heterocycles. The molecule has 0 fully saturated rings. The highest BCUT2D eigenvalue weighted by Gasteiger charge is 2.11. The molecule has 3 rings (SSSR count). The van der Waals surface area contributed by atoms with Crippen molar-refractivity contribution in [3.63, 3.8) is 0 Å². The van der Waals surface area contributed by atoms with Crippen LogP contribution in [0.2, 0.25) is 0 Å². The summed E-state index contributed by atoms with van der Waals surface area (Å²) in [6, 6.07) is 13.4. The van der Waals surface area contributed by atoms with Gasteiger partial charge in [0.1, 0.15) is 5.75 Å². The molecule has 1 amide bonds. The lowest BCUT2D eigenvalue weighted by Gasteiger charge is -2.05. The minimum atomic E-state index is -0.176. The number of hydrogen-bond donors (Lipinski definition) is 1. The van der Waals surface area contributed by atoms with Gasteiger partial charge in [0, 0.05) is 16.5 Å². The molecule has 0 aliphatic carbocycles. The first-order chi connectivity index (χ1) is 12.1. The average Bonchev–Trinajstić information content (AvgIpc) is 3.04. The van der Waals surface area contributed by atoms with Gasteiger partial charge in [-0.25, -0.2) is 4.98 Å². The van der Waals surface area contributed by atoms with Crippen molar-refractivity contribution in [3.05, 3.63) is 64.5 Å². The molecule has 0 atom stereocenters. The van der Waals surface area contributed by atoms with Crippen LogP contribution in [0.25, 0.3) is 11.3 Å². The van der Waals surface area contributed by atoms with Crippen LogP contribution in [0.4, 0.5) is 5.13 Å². The predicted octanol–water partition coefficient (Wildman–Crippen LogP) is 5.08. The van der Waals surface area contributed by atoms with Gasteiger partial charge < -0.3 is 4.74 Å². The molecule has 0 bridgehead atoms. The van der Waals surface area contributed by atoms with E-state index in [4.69, 9.17) is 4.74 Å². The Labute approximate surface area is 151 Å². The number of ether oxygens (including phenoxy) is 1. The molecular weight excluding hydrogens is 332 g/mol. The highest BCUT2D eigenvalue weighted by molar-refractivity contribution is 7.14. The molecule has 1 heterocycles. The quantitative estimate of drug-likeness (QED) is 0.697. The monoisotopic (exact) mass is 352 g/mol. The maximum absolute atomic E-state index is 12.4. The first-order valence-electron chi connectivity index (χ1n) is 8.14. The van der Waals surface area contributed by atoms with Crippen molar-refractivity contribution in [1.29, 1.82) is 0 Å². The zero-order chi connectivity index (χ0) is 17.8. The zero-order valence-corrected chi connectivity index (χ0v) is 15.3. The van der Waals surface area contributed by atoms with Gasteiger partial charge in [-0.15, -0.1) is 11.3 Å². The van der Waals surface area contributed by atoms with Crippen LogP contribution in [0.5, 0.6) is 5.75 Å². The Kier molecular flexibility index (Phi) is 5.14. The summed E-state index contributed by atoms with van der Waals surface area (Å²) in [5.41, 5.74) is 4.94. The number of thiazole rings is 1. The van der Waals surface area contributed by atoms with Crippen LogP contribution in [-0.2, 0) is 0 Å². The third-order valence-corrected chi connectivity index (χ3v) is 4.57. The maximum Gasteiger partial charge on any atom is 0.257 e. The molecule has 0 saturated carbocycles. The van der Waals surface area contributed by atoms with E-state index in [1.165, 1.54) is 22.5 Å². The normalized spacial score (nSPS) is 10.5. The first kappa shape index (κ1) is 17.2. The Hall–Kier alpha value is -2.66. The molecule has 128 valence electrons. The Morgan fingerprint density at radius 3 is 2.60 bits per heavy atom. The van der Waals surface area contributed by atoms with Crippen LogP contribution < -0.4 is 10.1 Å². The number of aryl methyl sites for hydroxylation is 2. The summed E-state index contributed by atoms with van der Waals surface area (Å²) in [6.07, 6.45) is 0. The Bertz CT molecular complexity index is 885. The van der Waals surface area contributed by atoms with Crippen molar-refractivity contribution in [2.24, 2.45) is 0 Å². The minimum Gasteiger partial charge on any atom is -0.494 e. The van der Waals surface area contributed by atoms with Crippen LogP contribution in [0.15, 0.2) is 47.8 Å². The lowest BCUT2D eigenvalue weighted by Crippen LogP contribution is -2.11. The Morgan fingerprint density at radius 2 is 1.92 bits per heavy atom. The molecule has 0 unspecified atom stereocenters. The van der Waals surface area contributed by atoms with Crippen molar-refractivity contribution >= 4 is 22.4 Å². The van der Waals surface area contributed by atoms with E-state index >= 15 is 0 Å². The fourth-order valence-electron chi connectivity index (χ4n) is 2.59. The number of hydrogen-bond acceptors (Lipinski definition) is 4. The highest BCUT2D eigenvalue weighted by Crippen LogP contribution is 2.28. The summed E-state index contributed by atoms with van der Waals surface area (Å²) in [4.78, 5) is 16.9. The van der Waals surface area contributed by atoms with E-state index in [1.807, 2.05) is 12.3 Å². The number of rotatable bonds is 5. The summed E-state index contributed by atoms with van der Waals surface area (Å²) in [5, 5.41) is 5.41. The second-order valence-electron chi connectivity index (χ2n) is 5.77. The Balaban J connectivity index is 1.73. The second kappa shape index (κ2) is 7.49. The van der Waals surface area contributed by atoms with E-state index in [0.29, 0.717) is 17.3 Å². The smallest absolute Gasteiger partial charge is 0.257 e. The van der Waals surface area contributed by atoms with Crippen molar-refractivity contribution in [2.75, 3.05) is 11.9 Å². The topological polar surface area (TPSA) is 51.2 Å². The lowest BCUT2D eigenvalue weighted by atomic mass is 10.0. The van der Waals surface area contributed by atoms with Gasteiger partial charge in [-0.05, 0) is 50.6 Å². The van der Waals surface area contributed by atoms with E-state index in [1.54, 1.807) is 24.3 Å². The van der Waals surface area contributed by atoms with E-state index in [-0.39, 0.29) is 5.91 Å². The van der Waals surface area contributed by atoms with E-state index in [0.717, 1.165) is 17.0 Å². The maximum atomic E-state index is 12.4. The van der Waals surface area contributed by atoms with Crippen molar-refractivity contribution in [2.45, 2.75) is 20.8 Å². The van der Waals surface area contributed by atoms with Gasteiger partial charge in [0.25, 0.3) is 5.91 Å². The summed E-state index contributed by atoms with van der Waals surface area (Å²) >= 11 is 1.42. The van der Waals surface area contributed by atoms with Crippen LogP contribution in [0.1, 0.15) is 28.4 Å². The summed E-state index contributed by atoms with van der Waals surface area (Å²) in [6.45, 7) is 6.67. The number of nitrogens with zero attached hydrogens (tertiary/aromatic N) is 1. The van der Waals surface area contributed by atoms with Crippen molar-refractivity contribution in [3.8, 4) is 17.0 Å². The predicted molar refractivity (Wildman–Crippen MR) is 103 cm³/mol. The first-order valence-corrected chi connectivity index (χ1v) is 9.02. The number of benzene rings is 2. The van der Waals surface area contributed by atoms with E-state index in [2.05, 4.69) is 42.3 Å². The minimum absolute atomic E-state index is 0.176. The van der Waals surface area contributed by atoms with E-state index < -0.39 is 0 Å². The summed E-state index contributed by atoms with van der Waals surface area (Å²) in [7, 11) is 0. The molecule has 25 heavy (non-hydrogen) atoms. The number of aromatic nitrogens is 1. The van der Waals surface area contributed by atoms with E-state index in [9.17, 15) is 4.79 Å². The fourth-order valence-corrected chi connectivity index (χ4v) is 3.30. The molecule has 0 spiro atoms. The molecule has 3 aromatic rings. The van der Waals surface area contributed by atoms with Crippen LogP contribution in [-0.4, -0.2) is 17.5 Å². The molecule has 4 nitrogen and oxygen atoms in total. The summed E-state index contributed by atoms with van der Waals surface area (Å²) in [5.74, 6) is 0.579. The molecule has 1 N–H and O–H groups in total. The largest absolute Gasteiger partial charge is 0.494 e. The number of nitrogens with one attached hydrogen (secondary N) is 1. The third-order valence-electron chi connectivity index (χ3n) is 3.81. The SMILES string of the molecule is CCOc1ccc(C(=O)Nc2nc(-c3ccc(C)cc3C)cs2)cc1. The molecule has 5 heteroatoms. The fraction of sp³-hybridized carbons (Fsp3) is 0.200. The van der Waals surface area contributed by atoms with Gasteiger partial charge in [0.15, 0.2) is 5.13 Å². The van der Waals surface area contributed by atoms with Gasteiger partial charge in [0.05, 0.1) is 12.3 Å². The third kappa shape index (κ3) is 4.06. The number of carbonyl (C=O) groups excluding carboxylic acids is 1. The van der Waals surface area contributed by atoms with Gasteiger partial charge in [-0.2, -0.15) is 0 Å². The van der Waals surface area contributed by atoms with Crippen molar-refractivity contribution in [1.82, 2.24) is 4.98 Å². The summed E-state index contributed by atoms with van der Waals surface area (Å²) < 4.78 is 5.39. The van der Waals surface area contributed by atoms with Crippen LogP contribution >= 0.6 is 11.3 Å². The zero-order valence-electron chi connectivity index (χ0n) is 14.5.